The van der Waals surface area contributed by atoms with Crippen LogP contribution in [0.15, 0.2) is 0 Å². The molecule has 1 rings (SSSR count). The van der Waals surface area contributed by atoms with Crippen LogP contribution in [-0.2, 0) is 11.6 Å². The first kappa shape index (κ1) is 13.8. The summed E-state index contributed by atoms with van der Waals surface area (Å²) in [6.45, 7) is 3.42. The quantitative estimate of drug-likeness (QED) is 0.833. The largest absolute Gasteiger partial charge is 0.433 e. The van der Waals surface area contributed by atoms with Gasteiger partial charge in [-0.1, -0.05) is 41.4 Å². The van der Waals surface area contributed by atoms with Gasteiger partial charge in [0.05, 0.1) is 0 Å². The van der Waals surface area contributed by atoms with E-state index in [1.54, 1.807) is 13.8 Å². The van der Waals surface area contributed by atoms with Gasteiger partial charge in [-0.25, -0.2) is 0 Å². The molecule has 7 heteroatoms. The van der Waals surface area contributed by atoms with Gasteiger partial charge >= 0.3 is 6.18 Å². The Hall–Kier alpha value is -0.230. The molecule has 2 nitrogen and oxygen atoms in total. The first-order valence-corrected chi connectivity index (χ1v) is 6.07. The van der Waals surface area contributed by atoms with Gasteiger partial charge in [-0.3, -0.25) is 5.10 Å². The highest BCUT2D eigenvalue weighted by molar-refractivity contribution is 9.09. The first-order valence-electron chi connectivity index (χ1n) is 4.57. The molecule has 1 aromatic rings. The van der Waals surface area contributed by atoms with E-state index in [0.717, 1.165) is 0 Å². The molecule has 16 heavy (non-hydrogen) atoms. The second kappa shape index (κ2) is 4.56. The third-order valence-corrected chi connectivity index (χ3v) is 3.07. The Labute approximate surface area is 105 Å². The van der Waals surface area contributed by atoms with E-state index in [1.165, 1.54) is 0 Å². The summed E-state index contributed by atoms with van der Waals surface area (Å²) >= 11 is 8.93. The molecule has 0 unspecified atom stereocenters. The Kier molecular flexibility index (Phi) is 3.95. The van der Waals surface area contributed by atoms with Gasteiger partial charge in [0.2, 0.25) is 0 Å². The lowest BCUT2D eigenvalue weighted by molar-refractivity contribution is -0.142. The molecule has 0 aliphatic heterocycles. The molecule has 0 fully saturated rings. The normalized spacial score (nSPS) is 13.2. The maximum atomic E-state index is 12.7. The Morgan fingerprint density at radius 3 is 2.38 bits per heavy atom. The van der Waals surface area contributed by atoms with Crippen molar-refractivity contribution < 1.29 is 13.2 Å². The number of halogens is 5. The fourth-order valence-corrected chi connectivity index (χ4v) is 2.89. The van der Waals surface area contributed by atoms with Gasteiger partial charge in [-0.05, 0) is 11.8 Å². The predicted octanol–water partition coefficient (Wildman–Crippen LogP) is 4.14. The van der Waals surface area contributed by atoms with Crippen LogP contribution in [0.5, 0.6) is 0 Å². The van der Waals surface area contributed by atoms with E-state index >= 15 is 0 Å². The van der Waals surface area contributed by atoms with Crippen LogP contribution in [0.4, 0.5) is 13.2 Å². The van der Waals surface area contributed by atoms with E-state index in [2.05, 4.69) is 21.0 Å². The molecule has 92 valence electrons. The van der Waals surface area contributed by atoms with Crippen LogP contribution in [0.1, 0.15) is 31.5 Å². The number of alkyl halides is 4. The van der Waals surface area contributed by atoms with Crippen LogP contribution in [-0.4, -0.2) is 15.5 Å². The smallest absolute Gasteiger partial charge is 0.272 e. The third kappa shape index (κ3) is 2.71. The summed E-state index contributed by atoms with van der Waals surface area (Å²) in [6, 6.07) is 0. The van der Waals surface area contributed by atoms with Crippen molar-refractivity contribution in [1.29, 1.82) is 0 Å². The van der Waals surface area contributed by atoms with Gasteiger partial charge in [-0.15, -0.1) is 0 Å². The molecule has 1 aromatic heterocycles. The second-order valence-electron chi connectivity index (χ2n) is 4.09. The van der Waals surface area contributed by atoms with Crippen molar-refractivity contribution in [2.24, 2.45) is 0 Å². The summed E-state index contributed by atoms with van der Waals surface area (Å²) in [6.07, 6.45) is -3.92. The highest BCUT2D eigenvalue weighted by Crippen LogP contribution is 2.41. The van der Waals surface area contributed by atoms with Gasteiger partial charge in [0.1, 0.15) is 5.69 Å². The number of rotatable bonds is 3. The SMILES string of the molecule is CC(C)(CCBr)c1c(Cl)n[nH]c1C(F)(F)F. The molecule has 1 heterocycles. The van der Waals surface area contributed by atoms with Crippen molar-refractivity contribution in [2.75, 3.05) is 5.33 Å². The molecule has 0 amide bonds. The minimum absolute atomic E-state index is 0.0288. The number of aromatic nitrogens is 2. The number of H-pyrrole nitrogens is 1. The number of hydrogen-bond donors (Lipinski definition) is 1. The van der Waals surface area contributed by atoms with Crippen LogP contribution in [0.3, 0.4) is 0 Å². The topological polar surface area (TPSA) is 28.7 Å². The zero-order chi connectivity index (χ0) is 12.6. The molecule has 0 aromatic carbocycles. The van der Waals surface area contributed by atoms with Crippen LogP contribution < -0.4 is 0 Å². The standard InChI is InChI=1S/C9H11BrClF3N2/c1-8(2,3-4-10)5-6(9(12,13)14)15-16-7(5)11/h3-4H2,1-2H3,(H,15,16). The summed E-state index contributed by atoms with van der Waals surface area (Å²) in [5.74, 6) is 0. The monoisotopic (exact) mass is 318 g/mol. The van der Waals surface area contributed by atoms with Gasteiger partial charge in [0.25, 0.3) is 0 Å². The van der Waals surface area contributed by atoms with E-state index in [9.17, 15) is 13.2 Å². The maximum Gasteiger partial charge on any atom is 0.433 e. The van der Waals surface area contributed by atoms with Crippen molar-refractivity contribution in [3.8, 4) is 0 Å². The van der Waals surface area contributed by atoms with Gasteiger partial charge in [0.15, 0.2) is 5.15 Å². The van der Waals surface area contributed by atoms with Crippen molar-refractivity contribution in [2.45, 2.75) is 31.9 Å². The molecular formula is C9H11BrClF3N2. The Bertz CT molecular complexity index is 373. The molecule has 0 bridgehead atoms. The molecule has 0 aliphatic carbocycles. The summed E-state index contributed by atoms with van der Waals surface area (Å²) in [4.78, 5) is 0. The Morgan fingerprint density at radius 2 is 1.94 bits per heavy atom. The fraction of sp³-hybridized carbons (Fsp3) is 0.667. The summed E-state index contributed by atoms with van der Waals surface area (Å²) < 4.78 is 38.1. The number of aromatic amines is 1. The van der Waals surface area contributed by atoms with E-state index in [0.29, 0.717) is 11.8 Å². The zero-order valence-electron chi connectivity index (χ0n) is 8.75. The summed E-state index contributed by atoms with van der Waals surface area (Å²) in [5, 5.41) is 5.88. The van der Waals surface area contributed by atoms with Gasteiger partial charge in [-0.2, -0.15) is 18.3 Å². The van der Waals surface area contributed by atoms with Gasteiger partial charge < -0.3 is 0 Å². The minimum Gasteiger partial charge on any atom is -0.272 e. The van der Waals surface area contributed by atoms with E-state index in [-0.39, 0.29) is 10.7 Å². The molecular weight excluding hydrogens is 308 g/mol. The average molecular weight is 320 g/mol. The minimum atomic E-state index is -4.46. The van der Waals surface area contributed by atoms with E-state index in [1.807, 2.05) is 5.10 Å². The molecule has 0 saturated carbocycles. The van der Waals surface area contributed by atoms with E-state index < -0.39 is 17.3 Å². The lowest BCUT2D eigenvalue weighted by Crippen LogP contribution is -2.22. The van der Waals surface area contributed by atoms with Crippen LogP contribution >= 0.6 is 27.5 Å². The van der Waals surface area contributed by atoms with Gasteiger partial charge in [0, 0.05) is 10.9 Å². The maximum absolute atomic E-state index is 12.7. The number of nitrogens with one attached hydrogen (secondary N) is 1. The highest BCUT2D eigenvalue weighted by Gasteiger charge is 2.41. The third-order valence-electron chi connectivity index (χ3n) is 2.40. The Morgan fingerprint density at radius 1 is 1.38 bits per heavy atom. The highest BCUT2D eigenvalue weighted by atomic mass is 79.9. The van der Waals surface area contributed by atoms with Crippen LogP contribution in [0.2, 0.25) is 5.15 Å². The van der Waals surface area contributed by atoms with Crippen LogP contribution in [0.25, 0.3) is 0 Å². The molecule has 0 spiro atoms. The lowest BCUT2D eigenvalue weighted by Gasteiger charge is -2.24. The van der Waals surface area contributed by atoms with Crippen molar-refractivity contribution in [1.82, 2.24) is 10.2 Å². The zero-order valence-corrected chi connectivity index (χ0v) is 11.1. The fourth-order valence-electron chi connectivity index (χ4n) is 1.50. The molecule has 0 aliphatic rings. The Balaban J connectivity index is 3.27. The molecule has 0 saturated heterocycles. The summed E-state index contributed by atoms with van der Waals surface area (Å²) in [7, 11) is 0. The van der Waals surface area contributed by atoms with Crippen LogP contribution in [0, 0.1) is 0 Å². The van der Waals surface area contributed by atoms with Crippen molar-refractivity contribution in [3.63, 3.8) is 0 Å². The van der Waals surface area contributed by atoms with E-state index in [4.69, 9.17) is 11.6 Å². The number of hydrogen-bond acceptors (Lipinski definition) is 1. The summed E-state index contributed by atoms with van der Waals surface area (Å²) in [5.41, 5.74) is -1.51. The average Bonchev–Trinajstić information content (AvgIpc) is 2.46. The van der Waals surface area contributed by atoms with Crippen molar-refractivity contribution >= 4 is 27.5 Å². The lowest BCUT2D eigenvalue weighted by atomic mass is 9.82. The number of nitrogens with zero attached hydrogens (tertiary/aromatic N) is 1. The van der Waals surface area contributed by atoms with Crippen molar-refractivity contribution in [3.05, 3.63) is 16.4 Å². The first-order chi connectivity index (χ1) is 7.20. The molecule has 0 atom stereocenters. The molecule has 0 radical (unpaired) electrons. The molecule has 1 N–H and O–H groups in total. The second-order valence-corrected chi connectivity index (χ2v) is 5.24. The predicted molar refractivity (Wildman–Crippen MR) is 60.0 cm³/mol.